The highest BCUT2D eigenvalue weighted by atomic mass is 19.1. The first-order valence-corrected chi connectivity index (χ1v) is 7.41. The van der Waals surface area contributed by atoms with Gasteiger partial charge in [0.2, 0.25) is 5.91 Å². The summed E-state index contributed by atoms with van der Waals surface area (Å²) in [5.41, 5.74) is 2.98. The molecule has 0 atom stereocenters. The van der Waals surface area contributed by atoms with Crippen LogP contribution >= 0.6 is 0 Å². The molecule has 22 heavy (non-hydrogen) atoms. The fourth-order valence-electron chi connectivity index (χ4n) is 2.24. The van der Waals surface area contributed by atoms with E-state index in [-0.39, 0.29) is 18.3 Å². The van der Waals surface area contributed by atoms with Crippen LogP contribution in [-0.4, -0.2) is 19.0 Å². The first kappa shape index (κ1) is 16.2. The Bertz CT molecular complexity index is 628. The summed E-state index contributed by atoms with van der Waals surface area (Å²) in [6, 6.07) is 14.8. The molecular weight excluding hydrogens is 279 g/mol. The minimum atomic E-state index is -0.227. The number of amides is 1. The predicted octanol–water partition coefficient (Wildman–Crippen LogP) is 2.58. The molecule has 0 aromatic heterocycles. The molecule has 3 nitrogen and oxygen atoms in total. The molecule has 0 saturated heterocycles. The van der Waals surface area contributed by atoms with Crippen molar-refractivity contribution in [3.8, 4) is 0 Å². The summed E-state index contributed by atoms with van der Waals surface area (Å²) in [5.74, 6) is -0.307. The number of nitrogens with one attached hydrogen (secondary N) is 2. The fourth-order valence-corrected chi connectivity index (χ4v) is 2.24. The van der Waals surface area contributed by atoms with E-state index in [1.165, 1.54) is 11.6 Å². The second-order valence-electron chi connectivity index (χ2n) is 5.28. The van der Waals surface area contributed by atoms with Crippen molar-refractivity contribution in [2.45, 2.75) is 19.9 Å². The van der Waals surface area contributed by atoms with Crippen LogP contribution in [0.15, 0.2) is 48.5 Å². The standard InChI is InChI=1S/C18H21FN2O/c1-14-5-4-6-15(11-14)12-20-13-18(22)21-10-9-16-7-2-3-8-17(16)19/h2-8,11,20H,9-10,12-13H2,1H3,(H,21,22). The molecule has 1 amide bonds. The van der Waals surface area contributed by atoms with E-state index >= 15 is 0 Å². The van der Waals surface area contributed by atoms with Gasteiger partial charge in [0, 0.05) is 13.1 Å². The lowest BCUT2D eigenvalue weighted by atomic mass is 10.1. The summed E-state index contributed by atoms with van der Waals surface area (Å²) in [4.78, 5) is 11.7. The lowest BCUT2D eigenvalue weighted by molar-refractivity contribution is -0.120. The lowest BCUT2D eigenvalue weighted by Crippen LogP contribution is -2.34. The van der Waals surface area contributed by atoms with Crippen molar-refractivity contribution in [3.05, 3.63) is 71.0 Å². The smallest absolute Gasteiger partial charge is 0.233 e. The van der Waals surface area contributed by atoms with Crippen LogP contribution in [0, 0.1) is 12.7 Å². The van der Waals surface area contributed by atoms with Crippen molar-refractivity contribution in [2.75, 3.05) is 13.1 Å². The topological polar surface area (TPSA) is 41.1 Å². The van der Waals surface area contributed by atoms with Gasteiger partial charge in [0.05, 0.1) is 6.54 Å². The summed E-state index contributed by atoms with van der Waals surface area (Å²) in [6.07, 6.45) is 0.496. The molecule has 2 aromatic carbocycles. The second-order valence-corrected chi connectivity index (χ2v) is 5.28. The van der Waals surface area contributed by atoms with Crippen LogP contribution in [0.1, 0.15) is 16.7 Å². The normalized spacial score (nSPS) is 10.5. The average molecular weight is 300 g/mol. The molecule has 0 saturated carbocycles. The Morgan fingerprint density at radius 3 is 2.73 bits per heavy atom. The van der Waals surface area contributed by atoms with Gasteiger partial charge in [-0.15, -0.1) is 0 Å². The Kier molecular flexibility index (Phi) is 6.10. The van der Waals surface area contributed by atoms with Gasteiger partial charge in [-0.1, -0.05) is 48.0 Å². The zero-order chi connectivity index (χ0) is 15.8. The minimum Gasteiger partial charge on any atom is -0.355 e. The maximum atomic E-state index is 13.4. The van der Waals surface area contributed by atoms with Crippen molar-refractivity contribution in [2.24, 2.45) is 0 Å². The van der Waals surface area contributed by atoms with Gasteiger partial charge in [-0.05, 0) is 30.5 Å². The van der Waals surface area contributed by atoms with Crippen LogP contribution in [0.25, 0.3) is 0 Å². The van der Waals surface area contributed by atoms with E-state index in [2.05, 4.69) is 16.7 Å². The molecule has 0 unspecified atom stereocenters. The predicted molar refractivity (Wildman–Crippen MR) is 86.0 cm³/mol. The molecular formula is C18H21FN2O. The third-order valence-corrected chi connectivity index (χ3v) is 3.37. The molecule has 116 valence electrons. The summed E-state index contributed by atoms with van der Waals surface area (Å²) in [6.45, 7) is 3.39. The maximum absolute atomic E-state index is 13.4. The van der Waals surface area contributed by atoms with Gasteiger partial charge in [0.25, 0.3) is 0 Å². The SMILES string of the molecule is Cc1cccc(CNCC(=O)NCCc2ccccc2F)c1. The molecule has 0 spiro atoms. The van der Waals surface area contributed by atoms with E-state index < -0.39 is 0 Å². The molecule has 0 heterocycles. The number of hydrogen-bond donors (Lipinski definition) is 2. The van der Waals surface area contributed by atoms with Crippen molar-refractivity contribution in [1.82, 2.24) is 10.6 Å². The van der Waals surface area contributed by atoms with Gasteiger partial charge in [0.15, 0.2) is 0 Å². The van der Waals surface area contributed by atoms with E-state index in [1.807, 2.05) is 25.1 Å². The Hall–Kier alpha value is -2.20. The number of halogens is 1. The summed E-state index contributed by atoms with van der Waals surface area (Å²) >= 11 is 0. The van der Waals surface area contributed by atoms with Crippen LogP contribution in [0.3, 0.4) is 0 Å². The lowest BCUT2D eigenvalue weighted by Gasteiger charge is -2.08. The van der Waals surface area contributed by atoms with Gasteiger partial charge in [-0.2, -0.15) is 0 Å². The zero-order valence-electron chi connectivity index (χ0n) is 12.7. The minimum absolute atomic E-state index is 0.0796. The third-order valence-electron chi connectivity index (χ3n) is 3.37. The van der Waals surface area contributed by atoms with Crippen LogP contribution in [-0.2, 0) is 17.8 Å². The van der Waals surface area contributed by atoms with Gasteiger partial charge >= 0.3 is 0 Å². The number of benzene rings is 2. The van der Waals surface area contributed by atoms with Crippen LogP contribution in [0.5, 0.6) is 0 Å². The van der Waals surface area contributed by atoms with Gasteiger partial charge in [-0.3, -0.25) is 4.79 Å². The maximum Gasteiger partial charge on any atom is 0.233 e. The van der Waals surface area contributed by atoms with Crippen LogP contribution < -0.4 is 10.6 Å². The highest BCUT2D eigenvalue weighted by Gasteiger charge is 2.03. The molecule has 2 rings (SSSR count). The molecule has 0 bridgehead atoms. The number of carbonyl (C=O) groups is 1. The Balaban J connectivity index is 1.65. The molecule has 0 aliphatic rings. The van der Waals surface area contributed by atoms with E-state index in [9.17, 15) is 9.18 Å². The van der Waals surface area contributed by atoms with Crippen molar-refractivity contribution in [3.63, 3.8) is 0 Å². The van der Waals surface area contributed by atoms with E-state index in [0.29, 0.717) is 25.1 Å². The summed E-state index contributed by atoms with van der Waals surface area (Å²) in [7, 11) is 0. The van der Waals surface area contributed by atoms with Crippen molar-refractivity contribution < 1.29 is 9.18 Å². The van der Waals surface area contributed by atoms with Gasteiger partial charge in [-0.25, -0.2) is 4.39 Å². The zero-order valence-corrected chi connectivity index (χ0v) is 12.7. The molecule has 0 radical (unpaired) electrons. The van der Waals surface area contributed by atoms with E-state index in [0.717, 1.165) is 5.56 Å². The molecule has 2 N–H and O–H groups in total. The summed E-state index contributed by atoms with van der Waals surface area (Å²) < 4.78 is 13.4. The third kappa shape index (κ3) is 5.30. The quantitative estimate of drug-likeness (QED) is 0.825. The Labute approximate surface area is 130 Å². The van der Waals surface area contributed by atoms with Crippen molar-refractivity contribution >= 4 is 5.91 Å². The Morgan fingerprint density at radius 2 is 1.95 bits per heavy atom. The first-order chi connectivity index (χ1) is 10.6. The number of aryl methyl sites for hydroxylation is 1. The molecule has 2 aromatic rings. The molecule has 4 heteroatoms. The Morgan fingerprint density at radius 1 is 1.14 bits per heavy atom. The highest BCUT2D eigenvalue weighted by Crippen LogP contribution is 2.06. The first-order valence-electron chi connectivity index (χ1n) is 7.41. The number of hydrogen-bond acceptors (Lipinski definition) is 2. The van der Waals surface area contributed by atoms with Crippen molar-refractivity contribution in [1.29, 1.82) is 0 Å². The van der Waals surface area contributed by atoms with Crippen LogP contribution in [0.4, 0.5) is 4.39 Å². The van der Waals surface area contributed by atoms with Gasteiger partial charge in [0.1, 0.15) is 5.82 Å². The monoisotopic (exact) mass is 300 g/mol. The number of carbonyl (C=O) groups excluding carboxylic acids is 1. The fraction of sp³-hybridized carbons (Fsp3) is 0.278. The van der Waals surface area contributed by atoms with E-state index in [1.54, 1.807) is 18.2 Å². The average Bonchev–Trinajstić information content (AvgIpc) is 2.49. The van der Waals surface area contributed by atoms with Crippen LogP contribution in [0.2, 0.25) is 0 Å². The second kappa shape index (κ2) is 8.29. The molecule has 0 fully saturated rings. The van der Waals surface area contributed by atoms with Gasteiger partial charge < -0.3 is 10.6 Å². The largest absolute Gasteiger partial charge is 0.355 e. The van der Waals surface area contributed by atoms with E-state index in [4.69, 9.17) is 0 Å². The molecule has 0 aliphatic heterocycles. The number of rotatable bonds is 7. The summed E-state index contributed by atoms with van der Waals surface area (Å²) in [5, 5.41) is 5.89. The highest BCUT2D eigenvalue weighted by molar-refractivity contribution is 5.77. The molecule has 0 aliphatic carbocycles.